The van der Waals surface area contributed by atoms with Crippen LogP contribution in [0.15, 0.2) is 66.3 Å². The number of carboxylic acids is 1. The number of benzene rings is 2. The van der Waals surface area contributed by atoms with E-state index in [1.165, 1.54) is 19.3 Å². The zero-order chi connectivity index (χ0) is 25.2. The van der Waals surface area contributed by atoms with Crippen LogP contribution in [0.25, 0.3) is 16.6 Å². The molecule has 5 rings (SSSR count). The van der Waals surface area contributed by atoms with Crippen molar-refractivity contribution in [2.75, 3.05) is 5.32 Å². The third-order valence-electron chi connectivity index (χ3n) is 7.14. The Balaban J connectivity index is 1.46. The second-order valence-electron chi connectivity index (χ2n) is 9.77. The van der Waals surface area contributed by atoms with Gasteiger partial charge in [-0.25, -0.2) is 9.78 Å². The zero-order valence-corrected chi connectivity index (χ0v) is 20.8. The maximum absolute atomic E-state index is 13.0. The van der Waals surface area contributed by atoms with Crippen molar-refractivity contribution in [2.45, 2.75) is 58.4 Å². The monoisotopic (exact) mass is 481 g/mol. The Morgan fingerprint density at radius 2 is 1.81 bits per heavy atom. The van der Waals surface area contributed by atoms with Crippen molar-refractivity contribution in [1.82, 2.24) is 9.55 Å². The molecular formula is C30H31N3O3. The van der Waals surface area contributed by atoms with E-state index in [1.807, 2.05) is 50.3 Å². The van der Waals surface area contributed by atoms with Gasteiger partial charge in [-0.1, -0.05) is 55.2 Å². The minimum atomic E-state index is -0.956. The molecule has 2 aliphatic rings. The Hall–Kier alpha value is -3.93. The van der Waals surface area contributed by atoms with Crippen molar-refractivity contribution in [3.63, 3.8) is 0 Å². The summed E-state index contributed by atoms with van der Waals surface area (Å²) >= 11 is 0. The molecule has 6 nitrogen and oxygen atoms in total. The average Bonchev–Trinajstić information content (AvgIpc) is 3.07. The first-order chi connectivity index (χ1) is 17.4. The Morgan fingerprint density at radius 3 is 2.56 bits per heavy atom. The lowest BCUT2D eigenvalue weighted by atomic mass is 9.94. The molecular weight excluding hydrogens is 450 g/mol. The van der Waals surface area contributed by atoms with Crippen LogP contribution in [-0.4, -0.2) is 26.5 Å². The predicted octanol–water partition coefficient (Wildman–Crippen LogP) is 6.76. The second kappa shape index (κ2) is 9.97. The van der Waals surface area contributed by atoms with Gasteiger partial charge in [0.2, 0.25) is 0 Å². The number of carbonyl (C=O) groups is 2. The van der Waals surface area contributed by atoms with Gasteiger partial charge in [0.15, 0.2) is 0 Å². The first-order valence-corrected chi connectivity index (χ1v) is 12.6. The van der Waals surface area contributed by atoms with E-state index >= 15 is 0 Å². The average molecular weight is 482 g/mol. The number of rotatable bonds is 5. The molecule has 1 saturated carbocycles. The number of anilines is 1. The summed E-state index contributed by atoms with van der Waals surface area (Å²) in [4.78, 5) is 29.5. The SMILES string of the molecule is Cc1ccc(NC(=O)C2=CCC=C(c3nc4cc(C(=O)O)ccc4n3C3CCCCC3)C=C2)c(C)c1. The predicted molar refractivity (Wildman–Crippen MR) is 143 cm³/mol. The quantitative estimate of drug-likeness (QED) is 0.421. The van der Waals surface area contributed by atoms with E-state index < -0.39 is 5.97 Å². The first kappa shape index (κ1) is 23.8. The molecule has 6 heteroatoms. The van der Waals surface area contributed by atoms with Gasteiger partial charge < -0.3 is 15.0 Å². The number of hydrogen-bond acceptors (Lipinski definition) is 3. The van der Waals surface area contributed by atoms with E-state index in [0.717, 1.165) is 46.6 Å². The summed E-state index contributed by atoms with van der Waals surface area (Å²) in [7, 11) is 0. The fraction of sp³-hybridized carbons (Fsp3) is 0.300. The summed E-state index contributed by atoms with van der Waals surface area (Å²) in [5.41, 5.74) is 6.43. The van der Waals surface area contributed by atoms with E-state index in [2.05, 4.69) is 22.0 Å². The number of aryl methyl sites for hydroxylation is 2. The summed E-state index contributed by atoms with van der Waals surface area (Å²) in [6.45, 7) is 4.02. The van der Waals surface area contributed by atoms with E-state index in [4.69, 9.17) is 4.98 Å². The zero-order valence-electron chi connectivity index (χ0n) is 20.8. The van der Waals surface area contributed by atoms with Crippen molar-refractivity contribution in [2.24, 2.45) is 0 Å². The molecule has 0 radical (unpaired) electrons. The molecule has 1 aromatic heterocycles. The van der Waals surface area contributed by atoms with Crippen LogP contribution in [0.4, 0.5) is 5.69 Å². The number of amides is 1. The Morgan fingerprint density at radius 1 is 1.00 bits per heavy atom. The fourth-order valence-electron chi connectivity index (χ4n) is 5.26. The smallest absolute Gasteiger partial charge is 0.335 e. The van der Waals surface area contributed by atoms with E-state index in [-0.39, 0.29) is 11.5 Å². The normalized spacial score (nSPS) is 16.4. The molecule has 36 heavy (non-hydrogen) atoms. The molecule has 1 amide bonds. The summed E-state index contributed by atoms with van der Waals surface area (Å²) < 4.78 is 2.29. The number of carbonyl (C=O) groups excluding carboxylic acids is 1. The highest BCUT2D eigenvalue weighted by atomic mass is 16.4. The number of nitrogens with zero attached hydrogens (tertiary/aromatic N) is 2. The Kier molecular flexibility index (Phi) is 6.59. The minimum Gasteiger partial charge on any atom is -0.478 e. The number of carboxylic acid groups (broad SMARTS) is 1. The first-order valence-electron chi connectivity index (χ1n) is 12.6. The number of hydrogen-bond donors (Lipinski definition) is 2. The molecule has 0 saturated heterocycles. The standard InChI is InChI=1S/C30H31N3O3/c1-19-11-15-25(20(2)17-19)32-29(34)22-8-6-7-21(12-13-22)28-31-26-18-23(30(35)36)14-16-27(26)33(28)24-9-4-3-5-10-24/h7-8,11-18,24H,3-6,9-10H2,1-2H3,(H,32,34)(H,35,36). The third-order valence-corrected chi connectivity index (χ3v) is 7.14. The molecule has 3 aromatic rings. The summed E-state index contributed by atoms with van der Waals surface area (Å²) in [5, 5.41) is 12.5. The number of aromatic nitrogens is 2. The molecule has 184 valence electrons. The van der Waals surface area contributed by atoms with Crippen LogP contribution in [0.3, 0.4) is 0 Å². The molecule has 0 spiro atoms. The van der Waals surface area contributed by atoms with Gasteiger partial charge >= 0.3 is 5.97 Å². The van der Waals surface area contributed by atoms with Gasteiger partial charge in [0.25, 0.3) is 5.91 Å². The number of allylic oxidation sites excluding steroid dienone is 4. The Bertz CT molecular complexity index is 1440. The maximum atomic E-state index is 13.0. The third kappa shape index (κ3) is 4.76. The van der Waals surface area contributed by atoms with Gasteiger partial charge in [0.1, 0.15) is 5.82 Å². The van der Waals surface area contributed by atoms with E-state index in [1.54, 1.807) is 12.1 Å². The molecule has 0 bridgehead atoms. The topological polar surface area (TPSA) is 84.2 Å². The molecule has 2 aromatic carbocycles. The number of nitrogens with one attached hydrogen (secondary N) is 1. The lowest BCUT2D eigenvalue weighted by Crippen LogP contribution is -2.15. The molecule has 0 atom stereocenters. The van der Waals surface area contributed by atoms with Crippen LogP contribution in [0, 0.1) is 13.8 Å². The highest BCUT2D eigenvalue weighted by Crippen LogP contribution is 2.35. The molecule has 1 fully saturated rings. The highest BCUT2D eigenvalue weighted by molar-refractivity contribution is 6.06. The van der Waals surface area contributed by atoms with Gasteiger partial charge in [0.05, 0.1) is 16.6 Å². The van der Waals surface area contributed by atoms with Crippen LogP contribution < -0.4 is 5.32 Å². The van der Waals surface area contributed by atoms with Gasteiger partial charge in [0, 0.05) is 22.9 Å². The summed E-state index contributed by atoms with van der Waals surface area (Å²) in [6, 6.07) is 11.5. The number of aromatic carboxylic acids is 1. The van der Waals surface area contributed by atoms with E-state index in [0.29, 0.717) is 23.6 Å². The van der Waals surface area contributed by atoms with Gasteiger partial charge in [-0.05, 0) is 69.0 Å². The maximum Gasteiger partial charge on any atom is 0.335 e. The van der Waals surface area contributed by atoms with Crippen molar-refractivity contribution >= 4 is 34.2 Å². The summed E-state index contributed by atoms with van der Waals surface area (Å²) in [6.07, 6.45) is 14.2. The van der Waals surface area contributed by atoms with Crippen LogP contribution in [0.2, 0.25) is 0 Å². The largest absolute Gasteiger partial charge is 0.478 e. The fourth-order valence-corrected chi connectivity index (χ4v) is 5.26. The molecule has 2 N–H and O–H groups in total. The summed E-state index contributed by atoms with van der Waals surface area (Å²) in [5.74, 6) is -0.261. The second-order valence-corrected chi connectivity index (χ2v) is 9.77. The van der Waals surface area contributed by atoms with Crippen LogP contribution >= 0.6 is 0 Å². The van der Waals surface area contributed by atoms with Crippen molar-refractivity contribution < 1.29 is 14.7 Å². The molecule has 2 aliphatic carbocycles. The highest BCUT2D eigenvalue weighted by Gasteiger charge is 2.24. The Labute approximate surface area is 211 Å². The van der Waals surface area contributed by atoms with Crippen LogP contribution in [-0.2, 0) is 4.79 Å². The minimum absolute atomic E-state index is 0.139. The van der Waals surface area contributed by atoms with E-state index in [9.17, 15) is 14.7 Å². The molecule has 1 heterocycles. The lowest BCUT2D eigenvalue weighted by Gasteiger charge is -2.26. The van der Waals surface area contributed by atoms with Crippen LogP contribution in [0.1, 0.15) is 71.9 Å². The van der Waals surface area contributed by atoms with Gasteiger partial charge in [-0.15, -0.1) is 0 Å². The van der Waals surface area contributed by atoms with Crippen LogP contribution in [0.5, 0.6) is 0 Å². The lowest BCUT2D eigenvalue weighted by molar-refractivity contribution is -0.112. The van der Waals surface area contributed by atoms with Gasteiger partial charge in [-0.3, -0.25) is 4.79 Å². The van der Waals surface area contributed by atoms with Crippen molar-refractivity contribution in [3.05, 3.63) is 88.8 Å². The number of imidazole rings is 1. The van der Waals surface area contributed by atoms with Crippen molar-refractivity contribution in [1.29, 1.82) is 0 Å². The molecule has 0 aliphatic heterocycles. The van der Waals surface area contributed by atoms with Crippen molar-refractivity contribution in [3.8, 4) is 0 Å². The number of fused-ring (bicyclic) bond motifs is 1. The van der Waals surface area contributed by atoms with Gasteiger partial charge in [-0.2, -0.15) is 0 Å². The molecule has 0 unspecified atom stereocenters.